The molecule has 0 bridgehead atoms. The predicted molar refractivity (Wildman–Crippen MR) is 306 cm³/mol. The second-order valence-electron chi connectivity index (χ2n) is 21.4. The van der Waals surface area contributed by atoms with Gasteiger partial charge in [0.25, 0.3) is 0 Å². The highest BCUT2D eigenvalue weighted by atomic mass is 79.9. The number of anilines is 4. The largest absolute Gasteiger partial charge is 0.494 e. The summed E-state index contributed by atoms with van der Waals surface area (Å²) >= 11 is 3.39. The van der Waals surface area contributed by atoms with Crippen LogP contribution >= 0.6 is 15.9 Å². The second-order valence-corrected chi connectivity index (χ2v) is 22.3. The van der Waals surface area contributed by atoms with Crippen LogP contribution in [0.15, 0.2) is 139 Å². The van der Waals surface area contributed by atoms with E-state index in [0.717, 1.165) is 66.8 Å². The lowest BCUT2D eigenvalue weighted by molar-refractivity contribution is -0.118. The van der Waals surface area contributed by atoms with Gasteiger partial charge in [0.1, 0.15) is 11.4 Å². The summed E-state index contributed by atoms with van der Waals surface area (Å²) in [7, 11) is -0.385. The van der Waals surface area contributed by atoms with E-state index >= 15 is 0 Å². The van der Waals surface area contributed by atoms with Crippen molar-refractivity contribution in [3.8, 4) is 11.1 Å². The molecule has 1 aliphatic heterocycles. The number of carbonyl (C=O) groups excluding carboxylic acids is 5. The fourth-order valence-electron chi connectivity index (χ4n) is 7.84. The van der Waals surface area contributed by atoms with Crippen molar-refractivity contribution in [1.82, 2.24) is 20.0 Å². The third kappa shape index (κ3) is 15.6. The Morgan fingerprint density at radius 1 is 0.701 bits per heavy atom. The van der Waals surface area contributed by atoms with Crippen LogP contribution in [0.5, 0.6) is 0 Å². The number of hydrogen-bond donors (Lipinski definition) is 5. The summed E-state index contributed by atoms with van der Waals surface area (Å²) in [5, 5.41) is 22.7. The van der Waals surface area contributed by atoms with Crippen molar-refractivity contribution in [3.63, 3.8) is 0 Å². The van der Waals surface area contributed by atoms with Gasteiger partial charge < -0.3 is 35.3 Å². The van der Waals surface area contributed by atoms with Gasteiger partial charge >= 0.3 is 13.2 Å². The van der Waals surface area contributed by atoms with Gasteiger partial charge in [-0.2, -0.15) is 10.2 Å². The van der Waals surface area contributed by atoms with E-state index in [1.165, 1.54) is 25.0 Å². The number of hydrogen-bond acceptors (Lipinski definition) is 10. The van der Waals surface area contributed by atoms with Crippen molar-refractivity contribution < 1.29 is 38.0 Å². The Morgan fingerprint density at radius 3 is 1.65 bits per heavy atom. The Hall–Kier alpha value is -7.41. The van der Waals surface area contributed by atoms with Crippen LogP contribution in [0.2, 0.25) is 0 Å². The van der Waals surface area contributed by atoms with Crippen molar-refractivity contribution >= 4 is 81.2 Å². The SMILES string of the molecule is C=CC(=O)Nc1ccc(-c2ccc(C(C)C(=O)Nc3cc(C4CC4)[nH]n3)cc2)cc1.C=CC(=O)Nc1ccc(B2OC(C)(C)C(C)(C)O2)cc1.CC(C(=O)Nc1cc(C2CC2)nn1C(=O)OC(C)(C)C)c1ccc(Br)cc1. The third-order valence-corrected chi connectivity index (χ3v) is 14.1. The molecule has 3 fully saturated rings. The third-order valence-electron chi connectivity index (χ3n) is 13.5. The molecule has 1 saturated heterocycles. The van der Waals surface area contributed by atoms with Crippen LogP contribution in [0.1, 0.15) is 134 Å². The van der Waals surface area contributed by atoms with Crippen molar-refractivity contribution in [3.05, 3.63) is 161 Å². The van der Waals surface area contributed by atoms with Crippen molar-refractivity contribution in [2.24, 2.45) is 0 Å². The van der Waals surface area contributed by atoms with E-state index in [1.807, 2.05) is 145 Å². The first-order valence-corrected chi connectivity index (χ1v) is 26.5. The van der Waals surface area contributed by atoms with E-state index in [1.54, 1.807) is 26.8 Å². The Balaban J connectivity index is 0.000000171. The predicted octanol–water partition coefficient (Wildman–Crippen LogP) is 12.0. The number of benzene rings is 4. The van der Waals surface area contributed by atoms with Crippen molar-refractivity contribution in [2.75, 3.05) is 21.3 Å². The molecule has 9 rings (SSSR count). The molecule has 18 heteroatoms. The number of H-pyrrole nitrogens is 1. The van der Waals surface area contributed by atoms with Gasteiger partial charge in [0.05, 0.1) is 28.7 Å². The summed E-state index contributed by atoms with van der Waals surface area (Å²) in [5.74, 6) is 0.429. The van der Waals surface area contributed by atoms with Gasteiger partial charge in [-0.05, 0) is 164 Å². The van der Waals surface area contributed by atoms with E-state index in [2.05, 4.69) is 65.7 Å². The maximum Gasteiger partial charge on any atom is 0.494 e. The maximum absolute atomic E-state index is 12.7. The van der Waals surface area contributed by atoms with Gasteiger partial charge in [0.2, 0.25) is 23.6 Å². The first kappa shape index (κ1) is 57.3. The summed E-state index contributed by atoms with van der Waals surface area (Å²) < 4.78 is 19.5. The average Bonchev–Trinajstić information content (AvgIpc) is 4.33. The Morgan fingerprint density at radius 2 is 1.17 bits per heavy atom. The molecule has 6 aromatic rings. The smallest absolute Gasteiger partial charge is 0.442 e. The van der Waals surface area contributed by atoms with Gasteiger partial charge in [-0.25, -0.2) is 4.79 Å². The number of nitrogens with one attached hydrogen (secondary N) is 5. The molecule has 402 valence electrons. The fourth-order valence-corrected chi connectivity index (χ4v) is 8.10. The topological polar surface area (TPSA) is 208 Å². The minimum atomic E-state index is -0.644. The number of ether oxygens (including phenoxy) is 1. The van der Waals surface area contributed by atoms with Crippen LogP contribution < -0.4 is 26.7 Å². The molecule has 16 nitrogen and oxygen atoms in total. The zero-order valence-electron chi connectivity index (χ0n) is 45.2. The molecule has 2 aliphatic carbocycles. The number of carbonyl (C=O) groups is 5. The van der Waals surface area contributed by atoms with Crippen LogP contribution in [-0.2, 0) is 33.2 Å². The van der Waals surface area contributed by atoms with Crippen molar-refractivity contribution in [2.45, 2.75) is 128 Å². The van der Waals surface area contributed by atoms with Crippen LogP contribution in [0.3, 0.4) is 0 Å². The van der Waals surface area contributed by atoms with Gasteiger partial charge in [-0.3, -0.25) is 24.3 Å². The highest BCUT2D eigenvalue weighted by Gasteiger charge is 2.51. The maximum atomic E-state index is 12.7. The molecule has 5 N–H and O–H groups in total. The number of rotatable bonds is 14. The van der Waals surface area contributed by atoms with Gasteiger partial charge in [0.15, 0.2) is 5.82 Å². The summed E-state index contributed by atoms with van der Waals surface area (Å²) in [6.45, 7) is 24.0. The van der Waals surface area contributed by atoms with Gasteiger partial charge in [0, 0.05) is 45.5 Å². The molecule has 3 heterocycles. The fraction of sp³-hybridized carbons (Fsp3) is 0.339. The number of aromatic amines is 1. The zero-order chi connectivity index (χ0) is 55.8. The zero-order valence-corrected chi connectivity index (χ0v) is 46.7. The van der Waals surface area contributed by atoms with Crippen LogP contribution in [0, 0.1) is 0 Å². The lowest BCUT2D eigenvalue weighted by atomic mass is 9.79. The van der Waals surface area contributed by atoms with Gasteiger partial charge in [-0.1, -0.05) is 89.8 Å². The second kappa shape index (κ2) is 24.3. The molecule has 4 aromatic carbocycles. The molecule has 0 radical (unpaired) electrons. The molecule has 77 heavy (non-hydrogen) atoms. The molecule has 2 atom stereocenters. The summed E-state index contributed by atoms with van der Waals surface area (Å²) in [6, 6.07) is 34.2. The van der Waals surface area contributed by atoms with Crippen LogP contribution in [-0.4, -0.2) is 73.6 Å². The Labute approximate surface area is 459 Å². The molecular weight excluding hydrogens is 1040 g/mol. The van der Waals surface area contributed by atoms with Crippen molar-refractivity contribution in [1.29, 1.82) is 0 Å². The Bertz CT molecular complexity index is 3070. The molecule has 2 unspecified atom stereocenters. The average molecular weight is 1110 g/mol. The lowest BCUT2D eigenvalue weighted by Gasteiger charge is -2.32. The summed E-state index contributed by atoms with van der Waals surface area (Å²) in [6.07, 6.45) is 6.35. The first-order chi connectivity index (χ1) is 36.4. The standard InChI is InChI=1S/C24H24N4O2.C20H24BrN3O3.C15H20BNO3/c1-3-23(29)25-20-12-10-18(11-13-20)17-6-4-16(5-7-17)15(2)24(30)26-22-14-21(27-28-22)19-8-9-19;1-12(13-7-9-15(21)10-8-13)18(25)22-17-11-16(14-5-6-14)23-24(17)19(26)27-20(2,3)4;1-6-13(18)17-12-9-7-11(8-10-12)16-19-14(2,3)15(4,5)20-16/h3-7,10-15,19H,1,8-9H2,2H3,(H,25,29)(H2,26,27,28,30);7-12,14H,5-6H2,1-4H3,(H,22,25);6-10H,1H2,2-5H3,(H,17,18). The minimum absolute atomic E-state index is 0.0843. The minimum Gasteiger partial charge on any atom is -0.442 e. The molecular formula is C59H68BBrN8O8. The van der Waals surface area contributed by atoms with E-state index < -0.39 is 11.7 Å². The summed E-state index contributed by atoms with van der Waals surface area (Å²) in [5.41, 5.74) is 6.81. The van der Waals surface area contributed by atoms with E-state index in [4.69, 9.17) is 14.0 Å². The van der Waals surface area contributed by atoms with Gasteiger partial charge in [-0.15, -0.1) is 4.68 Å². The highest BCUT2D eigenvalue weighted by molar-refractivity contribution is 9.10. The van der Waals surface area contributed by atoms with E-state index in [9.17, 15) is 24.0 Å². The Kier molecular flexibility index (Phi) is 18.1. The normalized spacial score (nSPS) is 15.9. The van der Waals surface area contributed by atoms with Crippen LogP contribution in [0.4, 0.5) is 27.8 Å². The molecule has 0 spiro atoms. The number of nitrogens with zero attached hydrogens (tertiary/aromatic N) is 3. The number of aromatic nitrogens is 4. The van der Waals surface area contributed by atoms with E-state index in [0.29, 0.717) is 29.2 Å². The summed E-state index contributed by atoms with van der Waals surface area (Å²) in [4.78, 5) is 60.4. The molecule has 2 aromatic heterocycles. The first-order valence-electron chi connectivity index (χ1n) is 25.7. The molecule has 3 aliphatic rings. The van der Waals surface area contributed by atoms with E-state index in [-0.39, 0.29) is 53.8 Å². The van der Waals surface area contributed by atoms with Crippen LogP contribution in [0.25, 0.3) is 11.1 Å². The lowest BCUT2D eigenvalue weighted by Crippen LogP contribution is -2.41. The highest BCUT2D eigenvalue weighted by Crippen LogP contribution is 2.41. The monoisotopic (exact) mass is 1110 g/mol. The molecule has 4 amide bonds. The molecule has 2 saturated carbocycles. The quantitative estimate of drug-likeness (QED) is 0.0515. The number of halogens is 1. The number of amides is 4.